The van der Waals surface area contributed by atoms with Gasteiger partial charge in [-0.1, -0.05) is 11.6 Å². The summed E-state index contributed by atoms with van der Waals surface area (Å²) in [6.45, 7) is 0.476. The second-order valence-electron chi connectivity index (χ2n) is 3.86. The second kappa shape index (κ2) is 6.65. The molecule has 1 rings (SSSR count). The first kappa shape index (κ1) is 15.6. The Kier molecular flexibility index (Phi) is 5.78. The van der Waals surface area contributed by atoms with Gasteiger partial charge in [0.15, 0.2) is 0 Å². The lowest BCUT2D eigenvalue weighted by Crippen LogP contribution is -2.28. The number of nitrogens with two attached hydrogens (primary N) is 1. The Labute approximate surface area is 118 Å². The summed E-state index contributed by atoms with van der Waals surface area (Å²) in [6.07, 6.45) is 2.80. The fourth-order valence-electron chi connectivity index (χ4n) is 1.45. The van der Waals surface area contributed by atoms with Gasteiger partial charge in [-0.3, -0.25) is 0 Å². The number of hydrogen-bond donors (Lipinski definition) is 1. The molecule has 0 atom stereocenters. The summed E-state index contributed by atoms with van der Waals surface area (Å²) in [4.78, 5) is 0.102. The average molecular weight is 309 g/mol. The minimum absolute atomic E-state index is 0.102. The lowest BCUT2D eigenvalue weighted by atomic mass is 10.3. The average Bonchev–Trinajstić information content (AvgIpc) is 2.28. The van der Waals surface area contributed by atoms with Crippen molar-refractivity contribution in [2.75, 3.05) is 31.3 Å². The van der Waals surface area contributed by atoms with Crippen LogP contribution in [-0.4, -0.2) is 38.3 Å². The van der Waals surface area contributed by atoms with Crippen LogP contribution in [0.3, 0.4) is 0 Å². The Bertz CT molecular complexity index is 506. The molecule has 102 valence electrons. The molecule has 4 nitrogen and oxygen atoms in total. The maximum Gasteiger partial charge on any atom is 0.244 e. The predicted molar refractivity (Wildman–Crippen MR) is 78.7 cm³/mol. The van der Waals surface area contributed by atoms with Crippen LogP contribution in [0.25, 0.3) is 0 Å². The zero-order chi connectivity index (χ0) is 13.8. The minimum atomic E-state index is -3.53. The molecule has 1 aromatic rings. The van der Waals surface area contributed by atoms with Gasteiger partial charge >= 0.3 is 0 Å². The monoisotopic (exact) mass is 308 g/mol. The number of nitrogen functional groups attached to an aromatic ring is 1. The van der Waals surface area contributed by atoms with Crippen LogP contribution in [0, 0.1) is 0 Å². The molecular weight excluding hydrogens is 292 g/mol. The highest BCUT2D eigenvalue weighted by Crippen LogP contribution is 2.26. The van der Waals surface area contributed by atoms with E-state index in [0.29, 0.717) is 12.2 Å². The van der Waals surface area contributed by atoms with Crippen LogP contribution >= 0.6 is 23.4 Å². The van der Waals surface area contributed by atoms with Crippen molar-refractivity contribution in [3.8, 4) is 0 Å². The maximum absolute atomic E-state index is 12.3. The van der Waals surface area contributed by atoms with E-state index < -0.39 is 10.0 Å². The van der Waals surface area contributed by atoms with Crippen molar-refractivity contribution >= 4 is 39.1 Å². The summed E-state index contributed by atoms with van der Waals surface area (Å²) in [5.41, 5.74) is 6.00. The van der Waals surface area contributed by atoms with Crippen LogP contribution in [0.15, 0.2) is 23.1 Å². The van der Waals surface area contributed by atoms with Crippen LogP contribution in [0.1, 0.15) is 6.42 Å². The molecule has 0 spiro atoms. The molecule has 18 heavy (non-hydrogen) atoms. The van der Waals surface area contributed by atoms with Gasteiger partial charge < -0.3 is 5.73 Å². The second-order valence-corrected chi connectivity index (χ2v) is 7.27. The third kappa shape index (κ3) is 3.78. The fourth-order valence-corrected chi connectivity index (χ4v) is 3.60. The number of benzene rings is 1. The summed E-state index contributed by atoms with van der Waals surface area (Å²) in [6, 6.07) is 4.43. The van der Waals surface area contributed by atoms with Gasteiger partial charge in [0, 0.05) is 19.3 Å². The number of rotatable bonds is 6. The Balaban J connectivity index is 2.91. The Morgan fingerprint density at radius 3 is 2.67 bits per heavy atom. The van der Waals surface area contributed by atoms with E-state index in [1.807, 2.05) is 6.26 Å². The van der Waals surface area contributed by atoms with Crippen molar-refractivity contribution < 1.29 is 8.42 Å². The molecule has 0 saturated carbocycles. The van der Waals surface area contributed by atoms with Gasteiger partial charge in [-0.05, 0) is 36.6 Å². The number of sulfonamides is 1. The van der Waals surface area contributed by atoms with Crippen molar-refractivity contribution in [2.24, 2.45) is 0 Å². The number of nitrogens with zero attached hydrogens (tertiary/aromatic N) is 1. The highest BCUT2D eigenvalue weighted by atomic mass is 35.5. The zero-order valence-electron chi connectivity index (χ0n) is 10.4. The van der Waals surface area contributed by atoms with E-state index in [9.17, 15) is 8.42 Å². The minimum Gasteiger partial charge on any atom is -0.399 e. The van der Waals surface area contributed by atoms with Crippen LogP contribution in [0.5, 0.6) is 0 Å². The Hall–Kier alpha value is -0.430. The normalized spacial score (nSPS) is 12.0. The van der Waals surface area contributed by atoms with Crippen molar-refractivity contribution in [3.05, 3.63) is 23.2 Å². The number of anilines is 1. The molecule has 0 fully saturated rings. The topological polar surface area (TPSA) is 63.4 Å². The summed E-state index contributed by atoms with van der Waals surface area (Å²) in [5, 5.41) is 0.159. The number of hydrogen-bond acceptors (Lipinski definition) is 4. The lowest BCUT2D eigenvalue weighted by Gasteiger charge is -2.17. The molecular formula is C11H17ClN2O2S2. The Morgan fingerprint density at radius 2 is 2.11 bits per heavy atom. The fraction of sp³-hybridized carbons (Fsp3) is 0.455. The Morgan fingerprint density at radius 1 is 1.44 bits per heavy atom. The van der Waals surface area contributed by atoms with Crippen LogP contribution < -0.4 is 5.73 Å². The summed E-state index contributed by atoms with van der Waals surface area (Å²) in [5.74, 6) is 0.926. The van der Waals surface area contributed by atoms with E-state index in [2.05, 4.69) is 0 Å². The highest BCUT2D eigenvalue weighted by Gasteiger charge is 2.23. The van der Waals surface area contributed by atoms with Gasteiger partial charge in [-0.25, -0.2) is 12.7 Å². The molecule has 0 saturated heterocycles. The molecule has 7 heteroatoms. The standard InChI is InChI=1S/C11H17ClN2O2S2/c1-14(6-3-7-17-2)18(15,16)11-5-4-9(13)8-10(11)12/h4-5,8H,3,6-7,13H2,1-2H3. The summed E-state index contributed by atoms with van der Waals surface area (Å²) < 4.78 is 25.8. The number of halogens is 1. The largest absolute Gasteiger partial charge is 0.399 e. The van der Waals surface area contributed by atoms with E-state index in [1.165, 1.54) is 22.5 Å². The lowest BCUT2D eigenvalue weighted by molar-refractivity contribution is 0.470. The van der Waals surface area contributed by atoms with E-state index in [0.717, 1.165) is 12.2 Å². The van der Waals surface area contributed by atoms with Gasteiger partial charge in [-0.15, -0.1) is 0 Å². The molecule has 2 N–H and O–H groups in total. The first-order chi connectivity index (χ1) is 8.39. The van der Waals surface area contributed by atoms with Gasteiger partial charge in [-0.2, -0.15) is 11.8 Å². The van der Waals surface area contributed by atoms with E-state index in [-0.39, 0.29) is 9.92 Å². The van der Waals surface area contributed by atoms with Gasteiger partial charge in [0.05, 0.1) is 5.02 Å². The smallest absolute Gasteiger partial charge is 0.244 e. The van der Waals surface area contributed by atoms with Crippen molar-refractivity contribution in [2.45, 2.75) is 11.3 Å². The van der Waals surface area contributed by atoms with E-state index in [1.54, 1.807) is 18.8 Å². The third-order valence-electron chi connectivity index (χ3n) is 2.47. The summed E-state index contributed by atoms with van der Waals surface area (Å²) >= 11 is 7.62. The molecule has 0 aliphatic carbocycles. The van der Waals surface area contributed by atoms with Gasteiger partial charge in [0.25, 0.3) is 0 Å². The van der Waals surface area contributed by atoms with Crippen LogP contribution in [0.2, 0.25) is 5.02 Å². The molecule has 0 aliphatic heterocycles. The van der Waals surface area contributed by atoms with Crippen molar-refractivity contribution in [3.63, 3.8) is 0 Å². The quantitative estimate of drug-likeness (QED) is 0.647. The molecule has 0 heterocycles. The predicted octanol–water partition coefficient (Wildman–Crippen LogP) is 2.30. The molecule has 1 aromatic carbocycles. The van der Waals surface area contributed by atoms with E-state index in [4.69, 9.17) is 17.3 Å². The molecule has 0 bridgehead atoms. The molecule has 0 amide bonds. The van der Waals surface area contributed by atoms with Crippen LogP contribution in [0.4, 0.5) is 5.69 Å². The molecule has 0 aromatic heterocycles. The van der Waals surface area contributed by atoms with E-state index >= 15 is 0 Å². The zero-order valence-corrected chi connectivity index (χ0v) is 12.8. The highest BCUT2D eigenvalue weighted by molar-refractivity contribution is 7.98. The number of thioether (sulfide) groups is 1. The van der Waals surface area contributed by atoms with Gasteiger partial charge in [0.1, 0.15) is 4.90 Å². The van der Waals surface area contributed by atoms with Gasteiger partial charge in [0.2, 0.25) is 10.0 Å². The first-order valence-corrected chi connectivity index (χ1v) is 8.61. The molecule has 0 unspecified atom stereocenters. The molecule has 0 radical (unpaired) electrons. The van der Waals surface area contributed by atoms with Crippen molar-refractivity contribution in [1.82, 2.24) is 4.31 Å². The third-order valence-corrected chi connectivity index (χ3v) is 5.50. The summed E-state index contributed by atoms with van der Waals surface area (Å²) in [7, 11) is -1.97. The van der Waals surface area contributed by atoms with Crippen LogP contribution in [-0.2, 0) is 10.0 Å². The maximum atomic E-state index is 12.3. The van der Waals surface area contributed by atoms with Crippen molar-refractivity contribution in [1.29, 1.82) is 0 Å². The first-order valence-electron chi connectivity index (χ1n) is 5.40. The molecule has 0 aliphatic rings. The SMILES string of the molecule is CSCCCN(C)S(=O)(=O)c1ccc(N)cc1Cl.